The molecule has 4 heteroatoms. The number of hydrogen-bond donors (Lipinski definition) is 1. The van der Waals surface area contributed by atoms with Crippen LogP contribution in [0, 0.1) is 17.2 Å². The van der Waals surface area contributed by atoms with Crippen molar-refractivity contribution < 1.29 is 4.79 Å². The number of likely N-dealkylation sites (N-methyl/N-ethyl adjacent to an activating group) is 1. The first-order chi connectivity index (χ1) is 8.69. The van der Waals surface area contributed by atoms with Gasteiger partial charge in [0, 0.05) is 6.54 Å². The van der Waals surface area contributed by atoms with Gasteiger partial charge >= 0.3 is 0 Å². The third kappa shape index (κ3) is 3.57. The van der Waals surface area contributed by atoms with Crippen LogP contribution in [-0.4, -0.2) is 30.9 Å². The summed E-state index contributed by atoms with van der Waals surface area (Å²) in [5.41, 5.74) is 1.08. The summed E-state index contributed by atoms with van der Waals surface area (Å²) in [5, 5.41) is 11.7. The first kappa shape index (κ1) is 12.6. The fourth-order valence-electron chi connectivity index (χ4n) is 1.93. The Labute approximate surface area is 107 Å². The third-order valence-corrected chi connectivity index (χ3v) is 3.00. The van der Waals surface area contributed by atoms with E-state index in [2.05, 4.69) is 11.4 Å². The van der Waals surface area contributed by atoms with E-state index in [-0.39, 0.29) is 5.91 Å². The highest BCUT2D eigenvalue weighted by Crippen LogP contribution is 2.29. The Hall–Kier alpha value is -1.86. The van der Waals surface area contributed by atoms with Gasteiger partial charge in [0.15, 0.2) is 0 Å². The SMILES string of the molecule is CN(CC(=O)Nc1ccccc1C#N)CC1CC1. The Morgan fingerprint density at radius 3 is 2.89 bits per heavy atom. The van der Waals surface area contributed by atoms with Gasteiger partial charge < -0.3 is 5.32 Å². The molecule has 1 amide bonds. The van der Waals surface area contributed by atoms with E-state index >= 15 is 0 Å². The molecule has 1 N–H and O–H groups in total. The van der Waals surface area contributed by atoms with Crippen molar-refractivity contribution in [1.29, 1.82) is 5.26 Å². The Morgan fingerprint density at radius 1 is 1.50 bits per heavy atom. The summed E-state index contributed by atoms with van der Waals surface area (Å²) in [6.07, 6.45) is 2.56. The zero-order valence-electron chi connectivity index (χ0n) is 10.5. The predicted molar refractivity (Wildman–Crippen MR) is 70.0 cm³/mol. The van der Waals surface area contributed by atoms with Crippen LogP contribution in [-0.2, 0) is 4.79 Å². The van der Waals surface area contributed by atoms with E-state index in [9.17, 15) is 4.79 Å². The van der Waals surface area contributed by atoms with E-state index in [1.165, 1.54) is 12.8 Å². The summed E-state index contributed by atoms with van der Waals surface area (Å²) in [4.78, 5) is 13.9. The summed E-state index contributed by atoms with van der Waals surface area (Å²) in [6.45, 7) is 1.35. The van der Waals surface area contributed by atoms with Crippen molar-refractivity contribution in [3.8, 4) is 6.07 Å². The van der Waals surface area contributed by atoms with Gasteiger partial charge in [-0.3, -0.25) is 9.69 Å². The minimum atomic E-state index is -0.0687. The maximum absolute atomic E-state index is 11.8. The largest absolute Gasteiger partial charge is 0.324 e. The van der Waals surface area contributed by atoms with Gasteiger partial charge in [0.25, 0.3) is 0 Å². The molecular weight excluding hydrogens is 226 g/mol. The van der Waals surface area contributed by atoms with Crippen LogP contribution in [0.3, 0.4) is 0 Å². The van der Waals surface area contributed by atoms with Crippen molar-refractivity contribution in [3.05, 3.63) is 29.8 Å². The first-order valence-electron chi connectivity index (χ1n) is 6.16. The number of carbonyl (C=O) groups is 1. The zero-order valence-corrected chi connectivity index (χ0v) is 10.5. The molecule has 0 atom stereocenters. The van der Waals surface area contributed by atoms with E-state index in [0.717, 1.165) is 12.5 Å². The average molecular weight is 243 g/mol. The van der Waals surface area contributed by atoms with Crippen LogP contribution >= 0.6 is 0 Å². The molecular formula is C14H17N3O. The van der Waals surface area contributed by atoms with E-state index in [0.29, 0.717) is 17.8 Å². The summed E-state index contributed by atoms with van der Waals surface area (Å²) >= 11 is 0. The number of nitriles is 1. The van der Waals surface area contributed by atoms with E-state index in [1.54, 1.807) is 18.2 Å². The average Bonchev–Trinajstić information content (AvgIpc) is 3.13. The highest BCUT2D eigenvalue weighted by Gasteiger charge is 2.23. The second-order valence-corrected chi connectivity index (χ2v) is 4.85. The van der Waals surface area contributed by atoms with Crippen molar-refractivity contribution in [1.82, 2.24) is 4.90 Å². The Morgan fingerprint density at radius 2 is 2.22 bits per heavy atom. The highest BCUT2D eigenvalue weighted by atomic mass is 16.2. The number of rotatable bonds is 5. The van der Waals surface area contributed by atoms with Crippen molar-refractivity contribution in [2.75, 3.05) is 25.5 Å². The number of nitrogens with one attached hydrogen (secondary N) is 1. The van der Waals surface area contributed by atoms with Gasteiger partial charge in [-0.05, 0) is 37.9 Å². The second kappa shape index (κ2) is 5.65. The number of benzene rings is 1. The van der Waals surface area contributed by atoms with Gasteiger partial charge in [0.05, 0.1) is 17.8 Å². The molecule has 0 heterocycles. The first-order valence-corrected chi connectivity index (χ1v) is 6.16. The molecule has 4 nitrogen and oxygen atoms in total. The standard InChI is InChI=1S/C14H17N3O/c1-17(9-11-6-7-11)10-14(18)16-13-5-3-2-4-12(13)8-15/h2-5,11H,6-7,9-10H2,1H3,(H,16,18). The van der Waals surface area contributed by atoms with Gasteiger partial charge in [-0.25, -0.2) is 0 Å². The Kier molecular flexibility index (Phi) is 3.96. The molecule has 1 saturated carbocycles. The lowest BCUT2D eigenvalue weighted by Gasteiger charge is -2.15. The van der Waals surface area contributed by atoms with Gasteiger partial charge in [0.2, 0.25) is 5.91 Å². The number of amides is 1. The fraction of sp³-hybridized carbons (Fsp3) is 0.429. The number of para-hydroxylation sites is 1. The highest BCUT2D eigenvalue weighted by molar-refractivity contribution is 5.93. The summed E-state index contributed by atoms with van der Waals surface area (Å²) < 4.78 is 0. The normalized spacial score (nSPS) is 14.3. The van der Waals surface area contributed by atoms with Gasteiger partial charge in [-0.1, -0.05) is 12.1 Å². The van der Waals surface area contributed by atoms with Crippen LogP contribution in [0.15, 0.2) is 24.3 Å². The van der Waals surface area contributed by atoms with Crippen LogP contribution < -0.4 is 5.32 Å². The minimum absolute atomic E-state index is 0.0687. The van der Waals surface area contributed by atoms with Crippen molar-refractivity contribution in [2.45, 2.75) is 12.8 Å². The molecule has 0 bridgehead atoms. The van der Waals surface area contributed by atoms with Crippen molar-refractivity contribution in [3.63, 3.8) is 0 Å². The summed E-state index contributed by atoms with van der Waals surface area (Å²) in [5.74, 6) is 0.704. The topological polar surface area (TPSA) is 56.1 Å². The third-order valence-electron chi connectivity index (χ3n) is 3.00. The molecule has 94 valence electrons. The smallest absolute Gasteiger partial charge is 0.238 e. The molecule has 0 spiro atoms. The number of nitrogens with zero attached hydrogens (tertiary/aromatic N) is 2. The van der Waals surface area contributed by atoms with Crippen LogP contribution in [0.1, 0.15) is 18.4 Å². The molecule has 18 heavy (non-hydrogen) atoms. The molecule has 0 radical (unpaired) electrons. The number of carbonyl (C=O) groups excluding carboxylic acids is 1. The molecule has 1 aliphatic rings. The maximum Gasteiger partial charge on any atom is 0.238 e. The van der Waals surface area contributed by atoms with E-state index in [4.69, 9.17) is 5.26 Å². The van der Waals surface area contributed by atoms with E-state index < -0.39 is 0 Å². The van der Waals surface area contributed by atoms with Crippen LogP contribution in [0.5, 0.6) is 0 Å². The maximum atomic E-state index is 11.8. The lowest BCUT2D eigenvalue weighted by molar-refractivity contribution is -0.117. The quantitative estimate of drug-likeness (QED) is 0.858. The van der Waals surface area contributed by atoms with Gasteiger partial charge in [0.1, 0.15) is 6.07 Å². The lowest BCUT2D eigenvalue weighted by Crippen LogP contribution is -2.31. The molecule has 0 aromatic heterocycles. The predicted octanol–water partition coefficient (Wildman–Crippen LogP) is 1.84. The Bertz CT molecular complexity index is 474. The zero-order chi connectivity index (χ0) is 13.0. The van der Waals surface area contributed by atoms with Gasteiger partial charge in [-0.2, -0.15) is 5.26 Å². The molecule has 1 aromatic rings. The number of hydrogen-bond acceptors (Lipinski definition) is 3. The van der Waals surface area contributed by atoms with Crippen molar-refractivity contribution >= 4 is 11.6 Å². The Balaban J connectivity index is 1.88. The van der Waals surface area contributed by atoms with Gasteiger partial charge in [-0.15, -0.1) is 0 Å². The second-order valence-electron chi connectivity index (χ2n) is 4.85. The number of anilines is 1. The molecule has 0 aliphatic heterocycles. The molecule has 2 rings (SSSR count). The fourth-order valence-corrected chi connectivity index (χ4v) is 1.93. The summed E-state index contributed by atoms with van der Waals surface area (Å²) in [6, 6.07) is 9.11. The van der Waals surface area contributed by atoms with Crippen LogP contribution in [0.2, 0.25) is 0 Å². The monoisotopic (exact) mass is 243 g/mol. The minimum Gasteiger partial charge on any atom is -0.324 e. The molecule has 0 unspecified atom stereocenters. The summed E-state index contributed by atoms with van der Waals surface area (Å²) in [7, 11) is 1.95. The molecule has 0 saturated heterocycles. The lowest BCUT2D eigenvalue weighted by atomic mass is 10.2. The molecule has 1 aliphatic carbocycles. The van der Waals surface area contributed by atoms with Crippen molar-refractivity contribution in [2.24, 2.45) is 5.92 Å². The van der Waals surface area contributed by atoms with Crippen LogP contribution in [0.4, 0.5) is 5.69 Å². The van der Waals surface area contributed by atoms with E-state index in [1.807, 2.05) is 18.0 Å². The molecule has 1 fully saturated rings. The van der Waals surface area contributed by atoms with Crippen LogP contribution in [0.25, 0.3) is 0 Å². The molecule has 1 aromatic carbocycles.